The summed E-state index contributed by atoms with van der Waals surface area (Å²) in [6.07, 6.45) is 4.91. The molecule has 2 aromatic carbocycles. The molecule has 2 amide bonds. The van der Waals surface area contributed by atoms with E-state index in [0.29, 0.717) is 6.42 Å². The summed E-state index contributed by atoms with van der Waals surface area (Å²) in [5, 5.41) is 0. The van der Waals surface area contributed by atoms with Gasteiger partial charge in [0.1, 0.15) is 0 Å². The van der Waals surface area contributed by atoms with Crippen molar-refractivity contribution in [1.29, 1.82) is 0 Å². The summed E-state index contributed by atoms with van der Waals surface area (Å²) in [5.41, 5.74) is 3.84. The van der Waals surface area contributed by atoms with E-state index in [9.17, 15) is 9.59 Å². The molecule has 0 aliphatic carbocycles. The number of hydrogen-bond donors (Lipinski definition) is 0. The van der Waals surface area contributed by atoms with Crippen molar-refractivity contribution in [3.63, 3.8) is 0 Å². The van der Waals surface area contributed by atoms with Gasteiger partial charge in [-0.2, -0.15) is 0 Å². The van der Waals surface area contributed by atoms with Crippen molar-refractivity contribution >= 4 is 29.3 Å². The molecule has 0 atom stereocenters. The van der Waals surface area contributed by atoms with Crippen LogP contribution in [0.4, 0.5) is 11.4 Å². The molecule has 1 fully saturated rings. The van der Waals surface area contributed by atoms with Gasteiger partial charge < -0.3 is 9.80 Å². The van der Waals surface area contributed by atoms with Crippen LogP contribution in [0, 0.1) is 6.92 Å². The fraction of sp³-hybridized carbons (Fsp3) is 0.238. The number of nitrogens with zero attached hydrogens (tertiary/aromatic N) is 2. The molecule has 1 saturated heterocycles. The van der Waals surface area contributed by atoms with E-state index in [0.717, 1.165) is 35.5 Å². The predicted molar refractivity (Wildman–Crippen MR) is 102 cm³/mol. The zero-order valence-corrected chi connectivity index (χ0v) is 14.6. The normalized spacial score (nSPS) is 14.3. The van der Waals surface area contributed by atoms with E-state index in [4.69, 9.17) is 0 Å². The van der Waals surface area contributed by atoms with Crippen molar-refractivity contribution in [2.75, 3.05) is 23.4 Å². The number of hydrogen-bond acceptors (Lipinski definition) is 2. The Labute approximate surface area is 148 Å². The summed E-state index contributed by atoms with van der Waals surface area (Å²) in [6, 6.07) is 15.6. The van der Waals surface area contributed by atoms with Crippen LogP contribution in [0.25, 0.3) is 6.08 Å². The molecule has 4 heteroatoms. The van der Waals surface area contributed by atoms with Gasteiger partial charge in [0.2, 0.25) is 5.91 Å². The smallest absolute Gasteiger partial charge is 0.250 e. The molecule has 0 saturated carbocycles. The lowest BCUT2D eigenvalue weighted by Gasteiger charge is -2.16. The second-order valence-electron chi connectivity index (χ2n) is 6.31. The molecule has 4 nitrogen and oxygen atoms in total. The quantitative estimate of drug-likeness (QED) is 0.798. The first-order valence-corrected chi connectivity index (χ1v) is 8.47. The minimum atomic E-state index is -0.0793. The number of carbonyl (C=O) groups is 2. The summed E-state index contributed by atoms with van der Waals surface area (Å²) in [4.78, 5) is 27.5. The lowest BCUT2D eigenvalue weighted by atomic mass is 10.1. The molecule has 0 aromatic heterocycles. The Morgan fingerprint density at radius 1 is 1.16 bits per heavy atom. The molecule has 0 N–H and O–H groups in total. The van der Waals surface area contributed by atoms with Crippen molar-refractivity contribution in [1.82, 2.24) is 0 Å². The van der Waals surface area contributed by atoms with E-state index in [-0.39, 0.29) is 11.8 Å². The highest BCUT2D eigenvalue weighted by Gasteiger charge is 2.21. The van der Waals surface area contributed by atoms with Crippen LogP contribution in [-0.2, 0) is 9.59 Å². The first kappa shape index (κ1) is 17.0. The Bertz CT molecular complexity index is 809. The highest BCUT2D eigenvalue weighted by molar-refractivity contribution is 6.03. The fourth-order valence-corrected chi connectivity index (χ4v) is 2.93. The van der Waals surface area contributed by atoms with Gasteiger partial charge in [-0.05, 0) is 54.8 Å². The standard InChI is InChI=1S/C21H22N2O2/c1-16-5-3-6-19(15-16)22(2)20(24)13-10-17-8-11-18(12-9-17)23-14-4-7-21(23)25/h3,5-6,8-13,15H,4,7,14H2,1-2H3/b13-10+. The molecule has 1 aliphatic rings. The number of carbonyl (C=O) groups excluding carboxylic acids is 2. The lowest BCUT2D eigenvalue weighted by molar-refractivity contribution is -0.117. The van der Waals surface area contributed by atoms with Crippen LogP contribution in [0.2, 0.25) is 0 Å². The van der Waals surface area contributed by atoms with Crippen LogP contribution in [-0.4, -0.2) is 25.4 Å². The van der Waals surface area contributed by atoms with E-state index in [1.165, 1.54) is 0 Å². The molecule has 2 aromatic rings. The largest absolute Gasteiger partial charge is 0.312 e. The third-order valence-electron chi connectivity index (χ3n) is 4.42. The molecule has 128 valence electrons. The Balaban J connectivity index is 1.67. The number of likely N-dealkylation sites (N-methyl/N-ethyl adjacent to an activating group) is 1. The second-order valence-corrected chi connectivity index (χ2v) is 6.31. The number of rotatable bonds is 4. The Hall–Kier alpha value is -2.88. The maximum atomic E-state index is 12.3. The minimum Gasteiger partial charge on any atom is -0.312 e. The zero-order chi connectivity index (χ0) is 17.8. The van der Waals surface area contributed by atoms with Gasteiger partial charge in [0.05, 0.1) is 0 Å². The summed E-state index contributed by atoms with van der Waals surface area (Å²) in [6.45, 7) is 2.79. The molecule has 0 bridgehead atoms. The summed E-state index contributed by atoms with van der Waals surface area (Å²) in [7, 11) is 1.77. The Kier molecular flexibility index (Phi) is 4.98. The average molecular weight is 334 g/mol. The van der Waals surface area contributed by atoms with Gasteiger partial charge in [0.25, 0.3) is 5.91 Å². The molecule has 3 rings (SSSR count). The molecule has 0 radical (unpaired) electrons. The Morgan fingerprint density at radius 3 is 2.56 bits per heavy atom. The van der Waals surface area contributed by atoms with Crippen LogP contribution in [0.15, 0.2) is 54.6 Å². The molecular formula is C21H22N2O2. The van der Waals surface area contributed by atoms with Gasteiger partial charge in [-0.3, -0.25) is 9.59 Å². The molecular weight excluding hydrogens is 312 g/mol. The van der Waals surface area contributed by atoms with Gasteiger partial charge in [-0.1, -0.05) is 24.3 Å². The van der Waals surface area contributed by atoms with Crippen molar-refractivity contribution in [3.05, 3.63) is 65.7 Å². The van der Waals surface area contributed by atoms with E-state index in [2.05, 4.69) is 0 Å². The number of benzene rings is 2. The highest BCUT2D eigenvalue weighted by atomic mass is 16.2. The van der Waals surface area contributed by atoms with Crippen LogP contribution in [0.5, 0.6) is 0 Å². The van der Waals surface area contributed by atoms with E-state index in [1.54, 1.807) is 24.1 Å². The van der Waals surface area contributed by atoms with Crippen molar-refractivity contribution in [2.24, 2.45) is 0 Å². The average Bonchev–Trinajstić information content (AvgIpc) is 3.05. The second kappa shape index (κ2) is 7.34. The zero-order valence-electron chi connectivity index (χ0n) is 14.6. The maximum absolute atomic E-state index is 12.3. The summed E-state index contributed by atoms with van der Waals surface area (Å²) in [5.74, 6) is 0.0997. The van der Waals surface area contributed by atoms with Crippen molar-refractivity contribution in [3.8, 4) is 0 Å². The topological polar surface area (TPSA) is 40.6 Å². The van der Waals surface area contributed by atoms with Crippen LogP contribution < -0.4 is 9.80 Å². The monoisotopic (exact) mass is 334 g/mol. The van der Waals surface area contributed by atoms with Crippen molar-refractivity contribution < 1.29 is 9.59 Å². The highest BCUT2D eigenvalue weighted by Crippen LogP contribution is 2.22. The van der Waals surface area contributed by atoms with Crippen LogP contribution in [0.1, 0.15) is 24.0 Å². The summed E-state index contributed by atoms with van der Waals surface area (Å²) >= 11 is 0. The first-order valence-electron chi connectivity index (χ1n) is 8.47. The molecule has 1 aliphatic heterocycles. The van der Waals surface area contributed by atoms with E-state index < -0.39 is 0 Å². The van der Waals surface area contributed by atoms with Crippen molar-refractivity contribution in [2.45, 2.75) is 19.8 Å². The molecule has 25 heavy (non-hydrogen) atoms. The van der Waals surface area contributed by atoms with Gasteiger partial charge in [-0.25, -0.2) is 0 Å². The fourth-order valence-electron chi connectivity index (χ4n) is 2.93. The SMILES string of the molecule is Cc1cccc(N(C)C(=O)/C=C/c2ccc(N3CCCC3=O)cc2)c1. The third-order valence-corrected chi connectivity index (χ3v) is 4.42. The third kappa shape index (κ3) is 3.97. The first-order chi connectivity index (χ1) is 12.0. The van der Waals surface area contributed by atoms with Gasteiger partial charge in [0.15, 0.2) is 0 Å². The number of amides is 2. The lowest BCUT2D eigenvalue weighted by Crippen LogP contribution is -2.24. The molecule has 0 unspecified atom stereocenters. The predicted octanol–water partition coefficient (Wildman–Crippen LogP) is 3.80. The van der Waals surface area contributed by atoms with Gasteiger partial charge in [0, 0.05) is 37.5 Å². The van der Waals surface area contributed by atoms with Crippen LogP contribution in [0.3, 0.4) is 0 Å². The van der Waals surface area contributed by atoms with Crippen LogP contribution >= 0.6 is 0 Å². The van der Waals surface area contributed by atoms with E-state index >= 15 is 0 Å². The maximum Gasteiger partial charge on any atom is 0.250 e. The molecule has 1 heterocycles. The molecule has 0 spiro atoms. The van der Waals surface area contributed by atoms with Gasteiger partial charge >= 0.3 is 0 Å². The number of aryl methyl sites for hydroxylation is 1. The number of anilines is 2. The van der Waals surface area contributed by atoms with E-state index in [1.807, 2.05) is 60.4 Å². The van der Waals surface area contributed by atoms with Gasteiger partial charge in [-0.15, -0.1) is 0 Å². The summed E-state index contributed by atoms with van der Waals surface area (Å²) < 4.78 is 0. The minimum absolute atomic E-state index is 0.0793. The Morgan fingerprint density at radius 2 is 1.92 bits per heavy atom.